The molecule has 1 fully saturated rings. The number of fused-ring (bicyclic) bond motifs is 5. The monoisotopic (exact) mass is 447 g/mol. The maximum atomic E-state index is 13.3. The molecule has 0 radical (unpaired) electrons. The molecule has 8 heteroatoms. The van der Waals surface area contributed by atoms with Crippen LogP contribution in [0.25, 0.3) is 22.3 Å². The third-order valence-electron chi connectivity index (χ3n) is 7.14. The van der Waals surface area contributed by atoms with E-state index in [4.69, 9.17) is 14.5 Å². The molecule has 8 nitrogen and oxygen atoms in total. The summed E-state index contributed by atoms with van der Waals surface area (Å²) >= 11 is 0. The predicted molar refractivity (Wildman–Crippen MR) is 121 cm³/mol. The van der Waals surface area contributed by atoms with Crippen molar-refractivity contribution in [3.63, 3.8) is 0 Å². The number of pyridine rings is 2. The van der Waals surface area contributed by atoms with Crippen LogP contribution in [0.2, 0.25) is 0 Å². The third kappa shape index (κ3) is 3.05. The van der Waals surface area contributed by atoms with Gasteiger partial charge in [-0.05, 0) is 30.2 Å². The fourth-order valence-corrected chi connectivity index (χ4v) is 5.20. The normalized spacial score (nSPS) is 22.1. The van der Waals surface area contributed by atoms with Gasteiger partial charge in [-0.25, -0.2) is 9.78 Å². The lowest BCUT2D eigenvalue weighted by molar-refractivity contribution is -0.172. The van der Waals surface area contributed by atoms with Gasteiger partial charge in [0.1, 0.15) is 6.61 Å². The summed E-state index contributed by atoms with van der Waals surface area (Å²) in [4.78, 5) is 33.0. The summed E-state index contributed by atoms with van der Waals surface area (Å²) in [6.07, 6.45) is 0.130. The first-order chi connectivity index (χ1) is 16.0. The van der Waals surface area contributed by atoms with E-state index in [0.717, 1.165) is 55.0 Å². The molecule has 1 aromatic carbocycles. The smallest absolute Gasteiger partial charge is 0.343 e. The number of esters is 1. The van der Waals surface area contributed by atoms with Crippen LogP contribution in [0.5, 0.6) is 0 Å². The van der Waals surface area contributed by atoms with Crippen LogP contribution in [0.4, 0.5) is 0 Å². The van der Waals surface area contributed by atoms with Gasteiger partial charge in [-0.3, -0.25) is 9.69 Å². The lowest BCUT2D eigenvalue weighted by Crippen LogP contribution is -2.44. The number of morpholine rings is 1. The molecule has 0 bridgehead atoms. The third-order valence-corrected chi connectivity index (χ3v) is 7.14. The maximum absolute atomic E-state index is 13.3. The van der Waals surface area contributed by atoms with E-state index in [0.29, 0.717) is 23.4 Å². The zero-order valence-corrected chi connectivity index (χ0v) is 18.5. The molecular weight excluding hydrogens is 422 g/mol. The summed E-state index contributed by atoms with van der Waals surface area (Å²) in [5.41, 5.74) is 3.02. The molecule has 3 aliphatic heterocycles. The molecule has 5 heterocycles. The topological polar surface area (TPSA) is 93.9 Å². The van der Waals surface area contributed by atoms with Crippen LogP contribution in [0, 0.1) is 0 Å². The Hall–Kier alpha value is -3.07. The minimum atomic E-state index is -1.81. The van der Waals surface area contributed by atoms with Crippen molar-refractivity contribution in [3.05, 3.63) is 62.9 Å². The van der Waals surface area contributed by atoms with E-state index in [1.807, 2.05) is 12.1 Å². The molecule has 3 aliphatic rings. The van der Waals surface area contributed by atoms with Crippen molar-refractivity contribution in [2.24, 2.45) is 0 Å². The largest absolute Gasteiger partial charge is 0.458 e. The second kappa shape index (κ2) is 7.48. The van der Waals surface area contributed by atoms with Gasteiger partial charge in [0, 0.05) is 36.1 Å². The number of aromatic nitrogens is 2. The molecule has 33 heavy (non-hydrogen) atoms. The number of benzene rings is 1. The molecule has 3 aromatic rings. The van der Waals surface area contributed by atoms with Gasteiger partial charge in [0.15, 0.2) is 5.60 Å². The highest BCUT2D eigenvalue weighted by atomic mass is 16.6. The van der Waals surface area contributed by atoms with Crippen molar-refractivity contribution in [3.8, 4) is 11.4 Å². The minimum Gasteiger partial charge on any atom is -0.458 e. The van der Waals surface area contributed by atoms with Crippen molar-refractivity contribution >= 4 is 16.9 Å². The van der Waals surface area contributed by atoms with Crippen molar-refractivity contribution in [1.82, 2.24) is 14.5 Å². The Kier molecular flexibility index (Phi) is 4.65. The Morgan fingerprint density at radius 2 is 2.00 bits per heavy atom. The summed E-state index contributed by atoms with van der Waals surface area (Å²) in [5.74, 6) is -0.709. The molecule has 2 aromatic heterocycles. The number of carbonyl (C=O) groups is 1. The van der Waals surface area contributed by atoms with Crippen LogP contribution in [-0.4, -0.2) is 51.8 Å². The van der Waals surface area contributed by atoms with Crippen LogP contribution in [-0.2, 0) is 39.6 Å². The predicted octanol–water partition coefficient (Wildman–Crippen LogP) is 1.91. The molecule has 0 aliphatic carbocycles. The quantitative estimate of drug-likeness (QED) is 0.480. The molecule has 0 unspecified atom stereocenters. The molecule has 0 amide bonds. The highest BCUT2D eigenvalue weighted by Crippen LogP contribution is 2.39. The van der Waals surface area contributed by atoms with Crippen LogP contribution >= 0.6 is 0 Å². The molecule has 0 spiro atoms. The number of carbonyl (C=O) groups excluding carboxylic acids is 1. The molecule has 1 saturated heterocycles. The average molecular weight is 447 g/mol. The van der Waals surface area contributed by atoms with Gasteiger partial charge in [0.2, 0.25) is 0 Å². The van der Waals surface area contributed by atoms with E-state index in [2.05, 4.69) is 17.0 Å². The van der Waals surface area contributed by atoms with Crippen molar-refractivity contribution in [2.45, 2.75) is 38.6 Å². The van der Waals surface area contributed by atoms with Crippen molar-refractivity contribution in [1.29, 1.82) is 0 Å². The zero-order chi connectivity index (χ0) is 22.7. The second-order valence-electron chi connectivity index (χ2n) is 8.97. The zero-order valence-electron chi connectivity index (χ0n) is 18.5. The fourth-order valence-electron chi connectivity index (χ4n) is 5.20. The van der Waals surface area contributed by atoms with Crippen LogP contribution in [0.15, 0.2) is 35.1 Å². The number of rotatable bonds is 3. The highest BCUT2D eigenvalue weighted by Gasteiger charge is 2.45. The van der Waals surface area contributed by atoms with Crippen molar-refractivity contribution in [2.75, 3.05) is 26.3 Å². The van der Waals surface area contributed by atoms with E-state index in [1.165, 1.54) is 5.56 Å². The molecule has 6 rings (SSSR count). The molecular formula is C25H25N3O5. The molecule has 170 valence electrons. The first-order valence-electron chi connectivity index (χ1n) is 11.4. The summed E-state index contributed by atoms with van der Waals surface area (Å²) in [5, 5.41) is 12.1. The Morgan fingerprint density at radius 1 is 1.18 bits per heavy atom. The SMILES string of the molecule is CC[C@@]1(O)C(=O)OCc2c1cc1n(c2=O)Cc2cc3c(CN4CCOCC4)cccc3nc2-1. The number of cyclic esters (lactones) is 1. The van der Waals surface area contributed by atoms with Gasteiger partial charge in [-0.1, -0.05) is 19.1 Å². The lowest BCUT2D eigenvalue weighted by Gasteiger charge is -2.31. The molecule has 0 saturated carbocycles. The van der Waals surface area contributed by atoms with E-state index in [1.54, 1.807) is 17.6 Å². The first-order valence-corrected chi connectivity index (χ1v) is 11.4. The molecule has 1 N–H and O–H groups in total. The summed E-state index contributed by atoms with van der Waals surface area (Å²) in [6, 6.07) is 10.0. The number of aliphatic hydroxyl groups is 1. The summed E-state index contributed by atoms with van der Waals surface area (Å²) < 4.78 is 12.3. The number of hydrogen-bond donors (Lipinski definition) is 1. The first kappa shape index (κ1) is 20.5. The van der Waals surface area contributed by atoms with Gasteiger partial charge in [0.25, 0.3) is 5.56 Å². The Labute approximate surface area is 190 Å². The standard InChI is InChI=1S/C25H25N3O5/c1-2-25(31)19-11-21-22-16(13-28(21)23(29)18(19)14-33-24(25)30)10-17-15(4-3-5-20(17)26-22)12-27-6-8-32-9-7-27/h3-5,10-11,31H,2,6-9,12-14H2,1H3/t25-/m0/s1. The van der Waals surface area contributed by atoms with E-state index in [-0.39, 0.29) is 18.6 Å². The van der Waals surface area contributed by atoms with Gasteiger partial charge < -0.3 is 19.1 Å². The van der Waals surface area contributed by atoms with Crippen LogP contribution in [0.1, 0.15) is 35.6 Å². The van der Waals surface area contributed by atoms with Gasteiger partial charge in [-0.15, -0.1) is 0 Å². The van der Waals surface area contributed by atoms with Crippen molar-refractivity contribution < 1.29 is 19.4 Å². The van der Waals surface area contributed by atoms with Gasteiger partial charge in [0.05, 0.1) is 42.2 Å². The second-order valence-corrected chi connectivity index (χ2v) is 8.97. The average Bonchev–Trinajstić information content (AvgIpc) is 3.19. The van der Waals surface area contributed by atoms with Gasteiger partial charge in [-0.2, -0.15) is 0 Å². The van der Waals surface area contributed by atoms with Crippen LogP contribution < -0.4 is 5.56 Å². The summed E-state index contributed by atoms with van der Waals surface area (Å²) in [7, 11) is 0. The number of ether oxygens (including phenoxy) is 2. The lowest BCUT2D eigenvalue weighted by atomic mass is 9.86. The Bertz CT molecular complexity index is 1360. The minimum absolute atomic E-state index is 0.120. The maximum Gasteiger partial charge on any atom is 0.343 e. The number of hydrogen-bond acceptors (Lipinski definition) is 7. The molecule has 1 atom stereocenters. The van der Waals surface area contributed by atoms with Crippen LogP contribution in [0.3, 0.4) is 0 Å². The highest BCUT2D eigenvalue weighted by molar-refractivity contribution is 5.88. The van der Waals surface area contributed by atoms with E-state index in [9.17, 15) is 14.7 Å². The van der Waals surface area contributed by atoms with Gasteiger partial charge >= 0.3 is 5.97 Å². The Morgan fingerprint density at radius 3 is 2.79 bits per heavy atom. The number of nitrogens with zero attached hydrogens (tertiary/aromatic N) is 3. The van der Waals surface area contributed by atoms with E-state index < -0.39 is 11.6 Å². The summed E-state index contributed by atoms with van der Waals surface area (Å²) in [6.45, 7) is 6.12. The fraction of sp³-hybridized carbons (Fsp3) is 0.400. The Balaban J connectivity index is 1.48. The van der Waals surface area contributed by atoms with E-state index >= 15 is 0 Å².